The third kappa shape index (κ3) is 6.93. The Labute approximate surface area is 231 Å². The molecular weight excluding hydrogens is 529 g/mol. The largest absolute Gasteiger partial charge is 0.485 e. The van der Waals surface area contributed by atoms with Crippen molar-refractivity contribution in [2.45, 2.75) is 84.3 Å². The Morgan fingerprint density at radius 2 is 1.73 bits per heavy atom. The number of nitrogens with one attached hydrogen (secondary N) is 1. The molecule has 4 nitrogen and oxygen atoms in total. The number of rotatable bonds is 9. The Bertz CT molecular complexity index is 1320. The standard InChI is InChI=1S/C31H34F5NO3/c1-18(2)39-27-25-15-24(37-16-21-9-7-6-8-19(21)3)10-11-26(25)40-30(4,5)28(27)38-17-20-12-22(29(32)33)14-23(13-20)31(34,35)36/h6-15,18,27-29,37H,16-17H2,1-5H3. The highest BCUT2D eigenvalue weighted by Gasteiger charge is 2.46. The van der Waals surface area contributed by atoms with Gasteiger partial charge in [0.2, 0.25) is 0 Å². The zero-order chi connectivity index (χ0) is 29.2. The second kappa shape index (κ2) is 11.7. The molecule has 0 saturated carbocycles. The molecular formula is C31H34F5NO3. The highest BCUT2D eigenvalue weighted by Crippen LogP contribution is 2.45. The molecule has 2 atom stereocenters. The second-order valence-electron chi connectivity index (χ2n) is 10.8. The van der Waals surface area contributed by atoms with E-state index in [0.717, 1.165) is 34.5 Å². The minimum absolute atomic E-state index is 0.0105. The number of aryl methyl sites for hydroxylation is 1. The van der Waals surface area contributed by atoms with Gasteiger partial charge in [-0.2, -0.15) is 13.2 Å². The van der Waals surface area contributed by atoms with E-state index in [4.69, 9.17) is 14.2 Å². The van der Waals surface area contributed by atoms with E-state index in [-0.39, 0.29) is 18.3 Å². The molecule has 0 amide bonds. The predicted octanol–water partition coefficient (Wildman–Crippen LogP) is 8.79. The zero-order valence-corrected chi connectivity index (χ0v) is 23.1. The third-order valence-electron chi connectivity index (χ3n) is 6.84. The van der Waals surface area contributed by atoms with E-state index in [1.165, 1.54) is 0 Å². The summed E-state index contributed by atoms with van der Waals surface area (Å²) in [5.41, 5.74) is 1.07. The highest BCUT2D eigenvalue weighted by atomic mass is 19.4. The van der Waals surface area contributed by atoms with Gasteiger partial charge in [-0.05, 0) is 87.7 Å². The van der Waals surface area contributed by atoms with Gasteiger partial charge >= 0.3 is 6.18 Å². The van der Waals surface area contributed by atoms with Crippen molar-refractivity contribution < 1.29 is 36.2 Å². The van der Waals surface area contributed by atoms with Crippen molar-refractivity contribution >= 4 is 5.69 Å². The maximum absolute atomic E-state index is 13.4. The SMILES string of the molecule is Cc1ccccc1CNc1ccc2c(c1)C(OC(C)C)C(OCc1cc(C(F)F)cc(C(F)(F)F)c1)C(C)(C)O2. The van der Waals surface area contributed by atoms with Crippen LogP contribution in [0, 0.1) is 6.92 Å². The summed E-state index contributed by atoms with van der Waals surface area (Å²) in [6, 6.07) is 16.1. The lowest BCUT2D eigenvalue weighted by Crippen LogP contribution is -2.51. The maximum Gasteiger partial charge on any atom is 0.416 e. The van der Waals surface area contributed by atoms with Gasteiger partial charge in [0.1, 0.15) is 23.6 Å². The number of halogens is 5. The molecule has 9 heteroatoms. The lowest BCUT2D eigenvalue weighted by atomic mass is 9.87. The third-order valence-corrected chi connectivity index (χ3v) is 6.84. The number of alkyl halides is 5. The van der Waals surface area contributed by atoms with E-state index < -0.39 is 41.5 Å². The van der Waals surface area contributed by atoms with E-state index >= 15 is 0 Å². The molecule has 2 unspecified atom stereocenters. The van der Waals surface area contributed by atoms with Gasteiger partial charge in [0, 0.05) is 23.4 Å². The maximum atomic E-state index is 13.4. The second-order valence-corrected chi connectivity index (χ2v) is 10.8. The zero-order valence-electron chi connectivity index (χ0n) is 23.1. The summed E-state index contributed by atoms with van der Waals surface area (Å²) >= 11 is 0. The fourth-order valence-corrected chi connectivity index (χ4v) is 4.85. The fourth-order valence-electron chi connectivity index (χ4n) is 4.85. The quantitative estimate of drug-likeness (QED) is 0.264. The van der Waals surface area contributed by atoms with E-state index in [1.54, 1.807) is 13.8 Å². The summed E-state index contributed by atoms with van der Waals surface area (Å²) in [4.78, 5) is 0. The molecule has 1 aliphatic rings. The van der Waals surface area contributed by atoms with Gasteiger partial charge < -0.3 is 19.5 Å². The first-order chi connectivity index (χ1) is 18.7. The molecule has 0 aromatic heterocycles. The van der Waals surface area contributed by atoms with Crippen molar-refractivity contribution in [3.63, 3.8) is 0 Å². The molecule has 0 fully saturated rings. The summed E-state index contributed by atoms with van der Waals surface area (Å²) in [5, 5.41) is 3.43. The van der Waals surface area contributed by atoms with Crippen molar-refractivity contribution in [1.29, 1.82) is 0 Å². The van der Waals surface area contributed by atoms with Crippen LogP contribution >= 0.6 is 0 Å². The number of fused-ring (bicyclic) bond motifs is 1. The first kappa shape index (κ1) is 29.8. The van der Waals surface area contributed by atoms with Gasteiger partial charge in [-0.1, -0.05) is 24.3 Å². The van der Waals surface area contributed by atoms with Crippen LogP contribution in [0.25, 0.3) is 0 Å². The van der Waals surface area contributed by atoms with Crippen LogP contribution in [0.2, 0.25) is 0 Å². The molecule has 1 heterocycles. The van der Waals surface area contributed by atoms with Gasteiger partial charge in [-0.3, -0.25) is 0 Å². The first-order valence-corrected chi connectivity index (χ1v) is 13.1. The average molecular weight is 564 g/mol. The molecule has 3 aromatic carbocycles. The van der Waals surface area contributed by atoms with Crippen LogP contribution in [0.3, 0.4) is 0 Å². The van der Waals surface area contributed by atoms with Crippen molar-refractivity contribution in [3.8, 4) is 5.75 Å². The summed E-state index contributed by atoms with van der Waals surface area (Å²) in [6.07, 6.45) is -9.40. The number of anilines is 1. The van der Waals surface area contributed by atoms with Gasteiger partial charge in [-0.15, -0.1) is 0 Å². The van der Waals surface area contributed by atoms with Crippen LogP contribution in [0.1, 0.15) is 73.6 Å². The van der Waals surface area contributed by atoms with E-state index in [1.807, 2.05) is 63.2 Å². The van der Waals surface area contributed by atoms with E-state index in [0.29, 0.717) is 18.4 Å². The highest BCUT2D eigenvalue weighted by molar-refractivity contribution is 5.54. The monoisotopic (exact) mass is 563 g/mol. The average Bonchev–Trinajstić information content (AvgIpc) is 2.86. The van der Waals surface area contributed by atoms with Crippen molar-refractivity contribution in [1.82, 2.24) is 0 Å². The molecule has 0 spiro atoms. The van der Waals surface area contributed by atoms with Gasteiger partial charge in [0.15, 0.2) is 0 Å². The van der Waals surface area contributed by atoms with Crippen LogP contribution in [0.4, 0.5) is 27.6 Å². The number of ether oxygens (including phenoxy) is 3. The molecule has 0 bridgehead atoms. The Kier molecular flexibility index (Phi) is 8.75. The minimum atomic E-state index is -4.77. The smallest absolute Gasteiger partial charge is 0.416 e. The number of hydrogen-bond donors (Lipinski definition) is 1. The summed E-state index contributed by atoms with van der Waals surface area (Å²) in [5.74, 6) is 0.607. The summed E-state index contributed by atoms with van der Waals surface area (Å²) < 4.78 is 85.7. The predicted molar refractivity (Wildman–Crippen MR) is 144 cm³/mol. The van der Waals surface area contributed by atoms with E-state index in [9.17, 15) is 22.0 Å². The minimum Gasteiger partial charge on any atom is -0.485 e. The molecule has 0 radical (unpaired) electrons. The fraction of sp³-hybridized carbons (Fsp3) is 0.419. The number of hydrogen-bond acceptors (Lipinski definition) is 4. The van der Waals surface area contributed by atoms with Crippen molar-refractivity contribution in [2.24, 2.45) is 0 Å². The van der Waals surface area contributed by atoms with Gasteiger partial charge in [0.05, 0.1) is 18.3 Å². The number of benzene rings is 3. The summed E-state index contributed by atoms with van der Waals surface area (Å²) in [7, 11) is 0. The molecule has 4 rings (SSSR count). The van der Waals surface area contributed by atoms with Crippen LogP contribution in [-0.2, 0) is 28.8 Å². The molecule has 0 saturated heterocycles. The lowest BCUT2D eigenvalue weighted by Gasteiger charge is -2.45. The Balaban J connectivity index is 1.63. The molecule has 1 aliphatic heterocycles. The Hall–Kier alpha value is -3.17. The lowest BCUT2D eigenvalue weighted by molar-refractivity contribution is -0.177. The van der Waals surface area contributed by atoms with Crippen LogP contribution in [-0.4, -0.2) is 17.8 Å². The van der Waals surface area contributed by atoms with Crippen LogP contribution in [0.5, 0.6) is 5.75 Å². The normalized spacial score (nSPS) is 18.5. The van der Waals surface area contributed by atoms with Gasteiger partial charge in [-0.25, -0.2) is 8.78 Å². The van der Waals surface area contributed by atoms with Crippen LogP contribution in [0.15, 0.2) is 60.7 Å². The van der Waals surface area contributed by atoms with Gasteiger partial charge in [0.25, 0.3) is 6.43 Å². The Morgan fingerprint density at radius 1 is 1.00 bits per heavy atom. The molecule has 1 N–H and O–H groups in total. The van der Waals surface area contributed by atoms with E-state index in [2.05, 4.69) is 5.32 Å². The van der Waals surface area contributed by atoms with Crippen molar-refractivity contribution in [3.05, 3.63) is 94.0 Å². The topological polar surface area (TPSA) is 39.7 Å². The Morgan fingerprint density at radius 3 is 2.38 bits per heavy atom. The van der Waals surface area contributed by atoms with Crippen molar-refractivity contribution in [2.75, 3.05) is 5.32 Å². The molecule has 0 aliphatic carbocycles. The van der Waals surface area contributed by atoms with Crippen LogP contribution < -0.4 is 10.1 Å². The first-order valence-electron chi connectivity index (χ1n) is 13.1. The summed E-state index contributed by atoms with van der Waals surface area (Å²) in [6.45, 7) is 9.68. The molecule has 216 valence electrons. The molecule has 3 aromatic rings. The molecule has 40 heavy (non-hydrogen) atoms.